The molecular weight excluding hydrogens is 220 g/mol. The Kier molecular flexibility index (Phi) is 5.41. The Morgan fingerprint density at radius 2 is 2.18 bits per heavy atom. The van der Waals surface area contributed by atoms with Crippen molar-refractivity contribution >= 4 is 11.9 Å². The van der Waals surface area contributed by atoms with Gasteiger partial charge in [-0.25, -0.2) is 4.79 Å². The van der Waals surface area contributed by atoms with Crippen LogP contribution in [-0.2, 0) is 9.59 Å². The minimum atomic E-state index is -0.963. The van der Waals surface area contributed by atoms with Gasteiger partial charge in [-0.3, -0.25) is 4.79 Å². The summed E-state index contributed by atoms with van der Waals surface area (Å²) in [5.74, 6) is -0.874. The molecule has 0 radical (unpaired) electrons. The monoisotopic (exact) mass is 242 g/mol. The van der Waals surface area contributed by atoms with Crippen molar-refractivity contribution in [2.24, 2.45) is 11.8 Å². The van der Waals surface area contributed by atoms with Crippen LogP contribution in [0.3, 0.4) is 0 Å². The fourth-order valence-corrected chi connectivity index (χ4v) is 2.11. The molecule has 98 valence electrons. The topological polar surface area (TPSA) is 78.4 Å². The number of amides is 1. The Labute approximate surface area is 102 Å². The van der Waals surface area contributed by atoms with E-state index < -0.39 is 12.0 Å². The predicted molar refractivity (Wildman–Crippen MR) is 64.6 cm³/mol. The molecule has 1 heterocycles. The number of carboxylic acid groups (broad SMARTS) is 1. The summed E-state index contributed by atoms with van der Waals surface area (Å²) in [6, 6.07) is -0.779. The Morgan fingerprint density at radius 3 is 2.65 bits per heavy atom. The van der Waals surface area contributed by atoms with E-state index >= 15 is 0 Å². The van der Waals surface area contributed by atoms with Crippen LogP contribution >= 0.6 is 0 Å². The van der Waals surface area contributed by atoms with Gasteiger partial charge in [-0.15, -0.1) is 0 Å². The zero-order chi connectivity index (χ0) is 12.8. The van der Waals surface area contributed by atoms with E-state index in [1.54, 1.807) is 13.8 Å². The summed E-state index contributed by atoms with van der Waals surface area (Å²) < 4.78 is 0. The molecule has 2 atom stereocenters. The number of carboxylic acids is 1. The van der Waals surface area contributed by atoms with Crippen LogP contribution in [0.15, 0.2) is 0 Å². The van der Waals surface area contributed by atoms with Crippen LogP contribution in [0.2, 0.25) is 0 Å². The second-order valence-corrected chi connectivity index (χ2v) is 5.04. The van der Waals surface area contributed by atoms with Crippen molar-refractivity contribution in [1.29, 1.82) is 0 Å². The molecular formula is C12H22N2O3. The molecule has 1 aliphatic heterocycles. The van der Waals surface area contributed by atoms with Gasteiger partial charge in [-0.05, 0) is 37.8 Å². The summed E-state index contributed by atoms with van der Waals surface area (Å²) in [4.78, 5) is 22.7. The Hall–Kier alpha value is -1.10. The van der Waals surface area contributed by atoms with Crippen molar-refractivity contribution in [3.8, 4) is 0 Å². The van der Waals surface area contributed by atoms with Crippen molar-refractivity contribution in [3.05, 3.63) is 0 Å². The number of rotatable bonds is 5. The molecule has 1 unspecified atom stereocenters. The molecule has 3 N–H and O–H groups in total. The maximum absolute atomic E-state index is 11.7. The lowest BCUT2D eigenvalue weighted by Crippen LogP contribution is -2.45. The first kappa shape index (κ1) is 14.0. The highest BCUT2D eigenvalue weighted by molar-refractivity contribution is 5.83. The second kappa shape index (κ2) is 6.59. The average molecular weight is 242 g/mol. The van der Waals surface area contributed by atoms with Crippen LogP contribution in [-0.4, -0.2) is 36.1 Å². The summed E-state index contributed by atoms with van der Waals surface area (Å²) in [6.07, 6.45) is 2.55. The van der Waals surface area contributed by atoms with Gasteiger partial charge in [0.15, 0.2) is 0 Å². The standard InChI is InChI=1S/C12H22N2O3/c1-8(2)11(12(16)17)14-10(15)6-9-4-3-5-13-7-9/h8-9,11,13H,3-7H2,1-2H3,(H,14,15)(H,16,17)/t9?,11-/m0/s1. The van der Waals surface area contributed by atoms with E-state index in [0.717, 1.165) is 25.9 Å². The summed E-state index contributed by atoms with van der Waals surface area (Å²) in [5.41, 5.74) is 0. The number of carbonyl (C=O) groups excluding carboxylic acids is 1. The van der Waals surface area contributed by atoms with Crippen molar-refractivity contribution in [2.45, 2.75) is 39.2 Å². The quantitative estimate of drug-likeness (QED) is 0.659. The number of piperidine rings is 1. The van der Waals surface area contributed by atoms with Gasteiger partial charge in [0.1, 0.15) is 6.04 Å². The van der Waals surface area contributed by atoms with E-state index in [4.69, 9.17) is 5.11 Å². The molecule has 17 heavy (non-hydrogen) atoms. The van der Waals surface area contributed by atoms with Crippen molar-refractivity contribution in [3.63, 3.8) is 0 Å². The third kappa shape index (κ3) is 4.73. The lowest BCUT2D eigenvalue weighted by atomic mass is 9.95. The molecule has 0 aromatic heterocycles. The van der Waals surface area contributed by atoms with Gasteiger partial charge in [-0.2, -0.15) is 0 Å². The highest BCUT2D eigenvalue weighted by Gasteiger charge is 2.25. The predicted octanol–water partition coefficient (Wildman–Crippen LogP) is 0.601. The molecule has 0 aromatic carbocycles. The number of hydrogen-bond acceptors (Lipinski definition) is 3. The number of carbonyl (C=O) groups is 2. The third-order valence-corrected chi connectivity index (χ3v) is 3.12. The SMILES string of the molecule is CC(C)[C@H](NC(=O)CC1CCCNC1)C(=O)O. The molecule has 1 aliphatic rings. The fraction of sp³-hybridized carbons (Fsp3) is 0.833. The van der Waals surface area contributed by atoms with Gasteiger partial charge in [0.2, 0.25) is 5.91 Å². The van der Waals surface area contributed by atoms with E-state index in [2.05, 4.69) is 10.6 Å². The largest absolute Gasteiger partial charge is 0.480 e. The molecule has 5 nitrogen and oxygen atoms in total. The molecule has 1 amide bonds. The van der Waals surface area contributed by atoms with E-state index in [1.807, 2.05) is 0 Å². The van der Waals surface area contributed by atoms with E-state index in [-0.39, 0.29) is 11.8 Å². The Balaban J connectivity index is 2.38. The maximum Gasteiger partial charge on any atom is 0.326 e. The fourth-order valence-electron chi connectivity index (χ4n) is 2.11. The number of nitrogens with one attached hydrogen (secondary N) is 2. The van der Waals surface area contributed by atoms with Crippen LogP contribution in [0.25, 0.3) is 0 Å². The summed E-state index contributed by atoms with van der Waals surface area (Å²) >= 11 is 0. The minimum absolute atomic E-state index is 0.0964. The molecule has 1 saturated heterocycles. The average Bonchev–Trinajstić information content (AvgIpc) is 2.26. The molecule has 0 saturated carbocycles. The van der Waals surface area contributed by atoms with Crippen molar-refractivity contribution in [1.82, 2.24) is 10.6 Å². The summed E-state index contributed by atoms with van der Waals surface area (Å²) in [7, 11) is 0. The normalized spacial score (nSPS) is 22.2. The van der Waals surface area contributed by atoms with E-state index in [9.17, 15) is 9.59 Å². The first-order valence-electron chi connectivity index (χ1n) is 6.23. The number of aliphatic carboxylic acids is 1. The van der Waals surface area contributed by atoms with Gasteiger partial charge in [0.25, 0.3) is 0 Å². The molecule has 0 spiro atoms. The van der Waals surface area contributed by atoms with Gasteiger partial charge < -0.3 is 15.7 Å². The van der Waals surface area contributed by atoms with Gasteiger partial charge in [0.05, 0.1) is 0 Å². The van der Waals surface area contributed by atoms with Crippen molar-refractivity contribution < 1.29 is 14.7 Å². The summed E-state index contributed by atoms with van der Waals surface area (Å²) in [6.45, 7) is 5.46. The molecule has 0 aromatic rings. The Bertz CT molecular complexity index is 273. The zero-order valence-electron chi connectivity index (χ0n) is 10.5. The molecule has 0 bridgehead atoms. The molecule has 5 heteroatoms. The highest BCUT2D eigenvalue weighted by Crippen LogP contribution is 2.14. The molecule has 1 rings (SSSR count). The lowest BCUT2D eigenvalue weighted by molar-refractivity contribution is -0.143. The van der Waals surface area contributed by atoms with Crippen LogP contribution in [0.4, 0.5) is 0 Å². The van der Waals surface area contributed by atoms with Gasteiger partial charge in [-0.1, -0.05) is 13.8 Å². The first-order chi connectivity index (χ1) is 8.00. The van der Waals surface area contributed by atoms with Gasteiger partial charge >= 0.3 is 5.97 Å². The van der Waals surface area contributed by atoms with Crippen LogP contribution < -0.4 is 10.6 Å². The summed E-state index contributed by atoms with van der Waals surface area (Å²) in [5, 5.41) is 14.8. The Morgan fingerprint density at radius 1 is 1.47 bits per heavy atom. The smallest absolute Gasteiger partial charge is 0.326 e. The van der Waals surface area contributed by atoms with Crippen LogP contribution in [0, 0.1) is 11.8 Å². The highest BCUT2D eigenvalue weighted by atomic mass is 16.4. The van der Waals surface area contributed by atoms with Gasteiger partial charge in [0, 0.05) is 6.42 Å². The minimum Gasteiger partial charge on any atom is -0.480 e. The first-order valence-corrected chi connectivity index (χ1v) is 6.23. The zero-order valence-corrected chi connectivity index (χ0v) is 10.5. The van der Waals surface area contributed by atoms with E-state index in [1.165, 1.54) is 0 Å². The van der Waals surface area contributed by atoms with Crippen molar-refractivity contribution in [2.75, 3.05) is 13.1 Å². The molecule has 0 aliphatic carbocycles. The second-order valence-electron chi connectivity index (χ2n) is 5.04. The van der Waals surface area contributed by atoms with E-state index in [0.29, 0.717) is 12.3 Å². The number of hydrogen-bond donors (Lipinski definition) is 3. The van der Waals surface area contributed by atoms with Crippen LogP contribution in [0.5, 0.6) is 0 Å². The maximum atomic E-state index is 11.7. The molecule has 1 fully saturated rings. The lowest BCUT2D eigenvalue weighted by Gasteiger charge is -2.24. The third-order valence-electron chi connectivity index (χ3n) is 3.12. The van der Waals surface area contributed by atoms with Crippen LogP contribution in [0.1, 0.15) is 33.1 Å².